The fraction of sp³-hybridized carbons (Fsp3) is 0.389. The number of aromatic nitrogens is 3. The second kappa shape index (κ2) is 16.2. The molecule has 5 rings (SSSR count). The van der Waals surface area contributed by atoms with Gasteiger partial charge in [-0.3, -0.25) is 9.88 Å². The molecule has 0 aliphatic carbocycles. The third kappa shape index (κ3) is 9.17. The molecule has 1 aliphatic heterocycles. The third-order valence-corrected chi connectivity index (χ3v) is 8.24. The Morgan fingerprint density at radius 2 is 1.74 bits per heavy atom. The Kier molecular flexibility index (Phi) is 11.6. The number of likely N-dealkylation sites (N-methyl/N-ethyl adjacent to an activating group) is 1. The van der Waals surface area contributed by atoms with E-state index in [0.29, 0.717) is 29.7 Å². The van der Waals surface area contributed by atoms with E-state index in [-0.39, 0.29) is 6.54 Å². The number of anilines is 2. The monoisotopic (exact) mass is 639 g/mol. The normalized spacial score (nSPS) is 14.3. The smallest absolute Gasteiger partial charge is 0.421 e. The minimum absolute atomic E-state index is 0.170. The highest BCUT2D eigenvalue weighted by Gasteiger charge is 2.27. The molecule has 4 aromatic rings. The summed E-state index contributed by atoms with van der Waals surface area (Å²) in [6, 6.07) is 16.7. The molecule has 1 unspecified atom stereocenters. The number of methoxy groups -OCH3 is 1. The topological polar surface area (TPSA) is 105 Å². The van der Waals surface area contributed by atoms with Gasteiger partial charge in [0.1, 0.15) is 17.9 Å². The van der Waals surface area contributed by atoms with Crippen molar-refractivity contribution in [2.24, 2.45) is 0 Å². The number of rotatable bonds is 13. The Morgan fingerprint density at radius 3 is 2.43 bits per heavy atom. The number of benzene rings is 2. The standard InChI is InChI=1S/C36H45N7O4/c1-26-21-27(2)35(28(3)22-26)47-36(44)43(34-12-14-37-25-39-34)24-31(30-9-6-7-13-38-30)40-29-10-11-32(33(23-29)45-5)46-20-8-15-42-18-16-41(4)17-19-42/h6-7,9-14,21-23,25,31,40H,8,15-20,24H2,1-5H3. The number of carbonyl (C=O) groups excluding carboxylic acids is 1. The van der Waals surface area contributed by atoms with Gasteiger partial charge < -0.3 is 29.3 Å². The van der Waals surface area contributed by atoms with Gasteiger partial charge in [-0.15, -0.1) is 0 Å². The number of nitrogens with one attached hydrogen (secondary N) is 1. The molecule has 1 N–H and O–H groups in total. The van der Waals surface area contributed by atoms with E-state index < -0.39 is 12.1 Å². The van der Waals surface area contributed by atoms with Crippen LogP contribution in [0.3, 0.4) is 0 Å². The molecule has 1 saturated heterocycles. The maximum absolute atomic E-state index is 13.9. The molecule has 1 atom stereocenters. The van der Waals surface area contributed by atoms with Crippen molar-refractivity contribution in [3.05, 3.63) is 95.7 Å². The van der Waals surface area contributed by atoms with Crippen LogP contribution in [0.1, 0.15) is 34.8 Å². The maximum atomic E-state index is 13.9. The Labute approximate surface area is 277 Å². The van der Waals surface area contributed by atoms with Gasteiger partial charge in [0.25, 0.3) is 0 Å². The van der Waals surface area contributed by atoms with Crippen LogP contribution in [0.2, 0.25) is 0 Å². The minimum Gasteiger partial charge on any atom is -0.493 e. The van der Waals surface area contributed by atoms with E-state index in [4.69, 9.17) is 14.2 Å². The predicted octanol–water partition coefficient (Wildman–Crippen LogP) is 5.68. The number of piperazine rings is 1. The van der Waals surface area contributed by atoms with Crippen molar-refractivity contribution in [1.29, 1.82) is 0 Å². The highest BCUT2D eigenvalue weighted by molar-refractivity contribution is 5.88. The number of hydrogen-bond donors (Lipinski definition) is 1. The van der Waals surface area contributed by atoms with Gasteiger partial charge in [-0.2, -0.15) is 0 Å². The number of aryl methyl sites for hydroxylation is 3. The molecule has 11 heteroatoms. The van der Waals surface area contributed by atoms with Crippen molar-refractivity contribution in [3.8, 4) is 17.2 Å². The number of hydrogen-bond acceptors (Lipinski definition) is 10. The van der Waals surface area contributed by atoms with Gasteiger partial charge in [0.2, 0.25) is 0 Å². The lowest BCUT2D eigenvalue weighted by Gasteiger charge is -2.32. The summed E-state index contributed by atoms with van der Waals surface area (Å²) in [7, 11) is 3.80. The quantitative estimate of drug-likeness (QED) is 0.184. The molecule has 0 saturated carbocycles. The number of nitrogens with zero attached hydrogens (tertiary/aromatic N) is 6. The summed E-state index contributed by atoms with van der Waals surface area (Å²) in [5, 5.41) is 3.56. The molecular formula is C36H45N7O4. The van der Waals surface area contributed by atoms with E-state index in [1.165, 1.54) is 11.2 Å². The van der Waals surface area contributed by atoms with Crippen LogP contribution in [-0.4, -0.2) is 90.9 Å². The Morgan fingerprint density at radius 1 is 0.957 bits per heavy atom. The van der Waals surface area contributed by atoms with E-state index >= 15 is 0 Å². The molecular weight excluding hydrogens is 594 g/mol. The molecule has 2 aromatic heterocycles. The molecule has 248 valence electrons. The van der Waals surface area contributed by atoms with Gasteiger partial charge in [0.05, 0.1) is 32.0 Å². The lowest BCUT2D eigenvalue weighted by atomic mass is 10.1. The first-order chi connectivity index (χ1) is 22.8. The third-order valence-electron chi connectivity index (χ3n) is 8.24. The van der Waals surface area contributed by atoms with Crippen LogP contribution in [0.15, 0.2) is 73.3 Å². The van der Waals surface area contributed by atoms with Gasteiger partial charge in [0.15, 0.2) is 11.5 Å². The molecule has 0 spiro atoms. The first-order valence-corrected chi connectivity index (χ1v) is 16.0. The highest BCUT2D eigenvalue weighted by Crippen LogP contribution is 2.33. The fourth-order valence-corrected chi connectivity index (χ4v) is 5.77. The summed E-state index contributed by atoms with van der Waals surface area (Å²) in [5.74, 6) is 2.24. The van der Waals surface area contributed by atoms with Gasteiger partial charge in [-0.25, -0.2) is 14.8 Å². The Bertz CT molecular complexity index is 1570. The van der Waals surface area contributed by atoms with E-state index in [0.717, 1.165) is 67.2 Å². The SMILES string of the molecule is COc1cc(NC(CN(C(=O)Oc2c(C)cc(C)cc2C)c2ccncn2)c2ccccn2)ccc1OCCCN1CCN(C)CC1. The molecule has 0 radical (unpaired) electrons. The molecule has 1 amide bonds. The zero-order valence-corrected chi connectivity index (χ0v) is 28.0. The molecule has 0 bridgehead atoms. The summed E-state index contributed by atoms with van der Waals surface area (Å²) >= 11 is 0. The Hall–Kier alpha value is -4.74. The van der Waals surface area contributed by atoms with E-state index in [9.17, 15) is 4.79 Å². The van der Waals surface area contributed by atoms with Crippen molar-refractivity contribution < 1.29 is 19.0 Å². The zero-order valence-electron chi connectivity index (χ0n) is 28.0. The maximum Gasteiger partial charge on any atom is 0.421 e. The number of carbonyl (C=O) groups is 1. The molecule has 1 fully saturated rings. The van der Waals surface area contributed by atoms with Gasteiger partial charge in [-0.05, 0) is 75.7 Å². The second-order valence-electron chi connectivity index (χ2n) is 11.9. The molecule has 11 nitrogen and oxygen atoms in total. The summed E-state index contributed by atoms with van der Waals surface area (Å²) < 4.78 is 17.9. The van der Waals surface area contributed by atoms with Crippen LogP contribution in [0.5, 0.6) is 17.2 Å². The fourth-order valence-electron chi connectivity index (χ4n) is 5.77. The first kappa shape index (κ1) is 33.6. The van der Waals surface area contributed by atoms with Crippen LogP contribution >= 0.6 is 0 Å². The number of pyridine rings is 1. The predicted molar refractivity (Wildman–Crippen MR) is 184 cm³/mol. The van der Waals surface area contributed by atoms with E-state index in [1.54, 1.807) is 25.6 Å². The van der Waals surface area contributed by atoms with Gasteiger partial charge in [0, 0.05) is 56.9 Å². The largest absolute Gasteiger partial charge is 0.493 e. The summed E-state index contributed by atoms with van der Waals surface area (Å²) in [6.07, 6.45) is 5.12. The summed E-state index contributed by atoms with van der Waals surface area (Å²) in [4.78, 5) is 33.3. The first-order valence-electron chi connectivity index (χ1n) is 16.0. The van der Waals surface area contributed by atoms with E-state index in [1.807, 2.05) is 69.3 Å². The van der Waals surface area contributed by atoms with Crippen molar-refractivity contribution in [2.75, 3.05) is 70.2 Å². The molecule has 2 aromatic carbocycles. The lowest BCUT2D eigenvalue weighted by molar-refractivity contribution is 0.145. The molecule has 3 heterocycles. The number of ether oxygens (including phenoxy) is 3. The van der Waals surface area contributed by atoms with Gasteiger partial charge >= 0.3 is 6.09 Å². The summed E-state index contributed by atoms with van der Waals surface area (Å²) in [5.41, 5.74) is 4.39. The Balaban J connectivity index is 1.33. The zero-order chi connectivity index (χ0) is 33.2. The molecule has 1 aliphatic rings. The van der Waals surface area contributed by atoms with Crippen LogP contribution in [-0.2, 0) is 0 Å². The van der Waals surface area contributed by atoms with Crippen LogP contribution in [0, 0.1) is 20.8 Å². The van der Waals surface area contributed by atoms with Crippen molar-refractivity contribution in [3.63, 3.8) is 0 Å². The van der Waals surface area contributed by atoms with E-state index in [2.05, 4.69) is 37.1 Å². The average molecular weight is 640 g/mol. The van der Waals surface area contributed by atoms with Crippen LogP contribution in [0.25, 0.3) is 0 Å². The number of amides is 1. The van der Waals surface area contributed by atoms with Crippen molar-refractivity contribution in [2.45, 2.75) is 33.2 Å². The van der Waals surface area contributed by atoms with Crippen molar-refractivity contribution in [1.82, 2.24) is 24.8 Å². The molecule has 47 heavy (non-hydrogen) atoms. The highest BCUT2D eigenvalue weighted by atomic mass is 16.6. The minimum atomic E-state index is -0.556. The second-order valence-corrected chi connectivity index (χ2v) is 11.9. The lowest BCUT2D eigenvalue weighted by Crippen LogP contribution is -2.44. The average Bonchev–Trinajstić information content (AvgIpc) is 3.08. The summed E-state index contributed by atoms with van der Waals surface area (Å²) in [6.45, 7) is 12.1. The van der Waals surface area contributed by atoms with Gasteiger partial charge in [-0.1, -0.05) is 23.8 Å². The van der Waals surface area contributed by atoms with Crippen LogP contribution < -0.4 is 24.4 Å². The van der Waals surface area contributed by atoms with Crippen LogP contribution in [0.4, 0.5) is 16.3 Å². The van der Waals surface area contributed by atoms with Crippen molar-refractivity contribution >= 4 is 17.6 Å².